The molecule has 2 aromatic heterocycles. The molecule has 316 valence electrons. The first kappa shape index (κ1) is 41.8. The van der Waals surface area contributed by atoms with Gasteiger partial charge in [-0.15, -0.1) is 0 Å². The molecular formula is C45H54N8O7. The molecule has 0 bridgehead atoms. The third-order valence-electron chi connectivity index (χ3n) is 11.7. The molecule has 15 nitrogen and oxygen atoms in total. The van der Waals surface area contributed by atoms with Gasteiger partial charge in [-0.1, -0.05) is 76.7 Å². The Hall–Kier alpha value is -6.38. The first-order chi connectivity index (χ1) is 28.9. The lowest BCUT2D eigenvalue weighted by Crippen LogP contribution is -2.51. The molecule has 4 N–H and O–H groups in total. The average molecular weight is 819 g/mol. The summed E-state index contributed by atoms with van der Waals surface area (Å²) in [5.74, 6) is 0.811. The number of rotatable bonds is 13. The Labute approximate surface area is 349 Å². The zero-order chi connectivity index (χ0) is 42.7. The summed E-state index contributed by atoms with van der Waals surface area (Å²) in [4.78, 5) is 72.1. The van der Waals surface area contributed by atoms with Gasteiger partial charge in [0.15, 0.2) is 0 Å². The van der Waals surface area contributed by atoms with E-state index in [-0.39, 0.29) is 41.7 Å². The zero-order valence-electron chi connectivity index (χ0n) is 35.0. The quantitative estimate of drug-likeness (QED) is 0.0890. The average Bonchev–Trinajstić information content (AvgIpc) is 4.09. The molecule has 4 amide bonds. The molecule has 0 aliphatic carbocycles. The van der Waals surface area contributed by atoms with E-state index >= 15 is 0 Å². The third kappa shape index (κ3) is 8.52. The van der Waals surface area contributed by atoms with Crippen molar-refractivity contribution in [1.29, 1.82) is 0 Å². The highest BCUT2D eigenvalue weighted by Crippen LogP contribution is 2.38. The minimum Gasteiger partial charge on any atom is -0.501 e. The van der Waals surface area contributed by atoms with Crippen LogP contribution in [0.2, 0.25) is 0 Å². The maximum absolute atomic E-state index is 14.0. The second kappa shape index (κ2) is 17.9. The van der Waals surface area contributed by atoms with E-state index in [1.54, 1.807) is 16.0 Å². The largest absolute Gasteiger partial charge is 0.501 e. The van der Waals surface area contributed by atoms with E-state index in [0.717, 1.165) is 57.0 Å². The van der Waals surface area contributed by atoms with Crippen molar-refractivity contribution < 1.29 is 33.4 Å². The number of amides is 4. The summed E-state index contributed by atoms with van der Waals surface area (Å²) in [5, 5.41) is 7.43. The van der Waals surface area contributed by atoms with E-state index in [2.05, 4.69) is 75.7 Å². The third-order valence-corrected chi connectivity index (χ3v) is 11.7. The van der Waals surface area contributed by atoms with Crippen molar-refractivity contribution in [2.24, 2.45) is 17.8 Å². The van der Waals surface area contributed by atoms with E-state index < -0.39 is 24.3 Å². The Morgan fingerprint density at radius 2 is 1.48 bits per heavy atom. The fourth-order valence-corrected chi connectivity index (χ4v) is 8.47. The van der Waals surface area contributed by atoms with Gasteiger partial charge in [-0.05, 0) is 65.3 Å². The summed E-state index contributed by atoms with van der Waals surface area (Å²) in [5.41, 5.74) is 5.58. The molecule has 5 aromatic rings. The number of carbonyl (C=O) groups excluding carboxylic acids is 4. The molecule has 60 heavy (non-hydrogen) atoms. The van der Waals surface area contributed by atoms with E-state index in [1.807, 2.05) is 33.8 Å². The van der Waals surface area contributed by atoms with Gasteiger partial charge < -0.3 is 44.6 Å². The number of hydrogen-bond donors (Lipinski definition) is 4. The number of aromatic nitrogens is 4. The minimum atomic E-state index is -0.768. The summed E-state index contributed by atoms with van der Waals surface area (Å²) in [7, 11) is 2.57. The number of alkyl carbamates (subject to hydrolysis) is 2. The normalized spacial score (nSPS) is 18.8. The van der Waals surface area contributed by atoms with E-state index in [1.165, 1.54) is 20.5 Å². The molecule has 2 fully saturated rings. The molecule has 4 heterocycles. The molecule has 2 aliphatic rings. The number of hydrogen-bond acceptors (Lipinski definition) is 9. The molecule has 5 atom stereocenters. The number of methoxy groups -OCH3 is 2. The van der Waals surface area contributed by atoms with E-state index in [9.17, 15) is 19.2 Å². The van der Waals surface area contributed by atoms with Crippen LogP contribution in [-0.4, -0.2) is 99.7 Å². The van der Waals surface area contributed by atoms with Crippen molar-refractivity contribution in [2.45, 2.75) is 71.1 Å². The Morgan fingerprint density at radius 1 is 0.833 bits per heavy atom. The van der Waals surface area contributed by atoms with E-state index in [0.29, 0.717) is 37.8 Å². The van der Waals surface area contributed by atoms with Gasteiger partial charge >= 0.3 is 12.2 Å². The monoisotopic (exact) mass is 818 g/mol. The molecule has 0 saturated carbocycles. The van der Waals surface area contributed by atoms with Crippen molar-refractivity contribution >= 4 is 45.8 Å². The topological polar surface area (TPSA) is 184 Å². The van der Waals surface area contributed by atoms with Gasteiger partial charge in [-0.2, -0.15) is 0 Å². The van der Waals surface area contributed by atoms with Crippen LogP contribution in [0.1, 0.15) is 70.7 Å². The molecule has 0 radical (unpaired) electrons. The van der Waals surface area contributed by atoms with Crippen LogP contribution >= 0.6 is 0 Å². The minimum absolute atomic E-state index is 0.0475. The molecular weight excluding hydrogens is 765 g/mol. The summed E-state index contributed by atoms with van der Waals surface area (Å²) >= 11 is 0. The molecule has 3 aromatic carbocycles. The van der Waals surface area contributed by atoms with Crippen LogP contribution in [0.5, 0.6) is 0 Å². The standard InChI is InChI=1S/C45H54N8O7/c1-8-60-24-27-20-36(53(23-27)43(55)38(26(4)5)51-45(57)59-7)41-47-33-18-16-31-21-30(15-17-32(31)39(33)49-41)28-11-13-29(14-12-28)34-22-46-40(48-34)35-10-9-19-52(35)42(54)37(25(2)3)50-44(56)58-6/h8,11-18,21-22,25-27,35-38H,1,9-10,19-20,23-24H2,2-7H3,(H,46,48)(H,47,49)(H,50,56)(H,51,57)/t27-,35-,36-,37-,38-/m0/s1. The predicted octanol–water partition coefficient (Wildman–Crippen LogP) is 7.25. The molecule has 7 rings (SSSR count). The van der Waals surface area contributed by atoms with Crippen molar-refractivity contribution in [1.82, 2.24) is 40.4 Å². The maximum atomic E-state index is 14.0. The second-order valence-electron chi connectivity index (χ2n) is 16.3. The number of imidazole rings is 2. The highest BCUT2D eigenvalue weighted by atomic mass is 16.5. The zero-order valence-corrected chi connectivity index (χ0v) is 35.0. The van der Waals surface area contributed by atoms with Crippen molar-refractivity contribution in [2.75, 3.05) is 33.9 Å². The number of fused-ring (bicyclic) bond motifs is 3. The van der Waals surface area contributed by atoms with Gasteiger partial charge in [0.25, 0.3) is 0 Å². The Morgan fingerprint density at radius 3 is 2.13 bits per heavy atom. The number of benzene rings is 3. The molecule has 15 heteroatoms. The van der Waals surface area contributed by atoms with Crippen LogP contribution in [-0.2, 0) is 23.8 Å². The Balaban J connectivity index is 1.09. The summed E-state index contributed by atoms with van der Waals surface area (Å²) in [6.07, 6.45) is 4.17. The van der Waals surface area contributed by atoms with Gasteiger partial charge in [0.1, 0.15) is 23.7 Å². The number of likely N-dealkylation sites (tertiary alicyclic amines) is 2. The second-order valence-corrected chi connectivity index (χ2v) is 16.3. The highest BCUT2D eigenvalue weighted by molar-refractivity contribution is 6.05. The van der Waals surface area contributed by atoms with Crippen molar-refractivity contribution in [3.8, 4) is 22.4 Å². The number of carbonyl (C=O) groups is 4. The van der Waals surface area contributed by atoms with Gasteiger partial charge in [-0.25, -0.2) is 19.6 Å². The van der Waals surface area contributed by atoms with E-state index in [4.69, 9.17) is 24.2 Å². The van der Waals surface area contributed by atoms with Crippen molar-refractivity contribution in [3.63, 3.8) is 0 Å². The van der Waals surface area contributed by atoms with Crippen LogP contribution in [0.15, 0.2) is 73.6 Å². The number of aromatic amines is 2. The molecule has 0 unspecified atom stereocenters. The van der Waals surface area contributed by atoms with Crippen LogP contribution < -0.4 is 10.6 Å². The van der Waals surface area contributed by atoms with Crippen LogP contribution in [0.25, 0.3) is 44.2 Å². The van der Waals surface area contributed by atoms with Crippen molar-refractivity contribution in [3.05, 3.63) is 85.3 Å². The van der Waals surface area contributed by atoms with Gasteiger partial charge in [0.05, 0.1) is 62.1 Å². The summed E-state index contributed by atoms with van der Waals surface area (Å²) in [6, 6.07) is 16.6. The van der Waals surface area contributed by atoms with Crippen LogP contribution in [0, 0.1) is 17.8 Å². The molecule has 0 spiro atoms. The fraction of sp³-hybridized carbons (Fsp3) is 0.422. The lowest BCUT2D eigenvalue weighted by molar-refractivity contribution is -0.136. The van der Waals surface area contributed by atoms with Gasteiger partial charge in [0.2, 0.25) is 11.8 Å². The summed E-state index contributed by atoms with van der Waals surface area (Å²) < 4.78 is 15.1. The van der Waals surface area contributed by atoms with Gasteiger partial charge in [0, 0.05) is 24.4 Å². The number of ether oxygens (including phenoxy) is 3. The van der Waals surface area contributed by atoms with Crippen LogP contribution in [0.4, 0.5) is 9.59 Å². The van der Waals surface area contributed by atoms with Crippen LogP contribution in [0.3, 0.4) is 0 Å². The fourth-order valence-electron chi connectivity index (χ4n) is 8.47. The first-order valence-corrected chi connectivity index (χ1v) is 20.5. The molecule has 2 saturated heterocycles. The predicted molar refractivity (Wildman–Crippen MR) is 227 cm³/mol. The molecule has 2 aliphatic heterocycles. The highest BCUT2D eigenvalue weighted by Gasteiger charge is 2.42. The summed E-state index contributed by atoms with van der Waals surface area (Å²) in [6.45, 7) is 12.7. The Bertz CT molecular complexity index is 2370. The number of nitrogens with one attached hydrogen (secondary N) is 4. The number of nitrogens with zero attached hydrogens (tertiary/aromatic N) is 4. The SMILES string of the molecule is C=COC[C@H]1C[C@@H](c2nc3c(ccc4cc(-c5ccc(-c6cnc([C@@H]7CCCN7C(=O)[C@@H](NC(=O)OC)C(C)C)[nH]6)cc5)ccc43)[nH]2)N(C(=O)[C@@H](NC(=O)OC)C(C)C)C1. The lowest BCUT2D eigenvalue weighted by atomic mass is 9.99. The smallest absolute Gasteiger partial charge is 0.407 e. The maximum Gasteiger partial charge on any atom is 0.407 e. The van der Waals surface area contributed by atoms with Gasteiger partial charge in [-0.3, -0.25) is 9.59 Å². The Kier molecular flexibility index (Phi) is 12.4. The lowest BCUT2D eigenvalue weighted by Gasteiger charge is -2.30. The number of H-pyrrole nitrogens is 2. The first-order valence-electron chi connectivity index (χ1n) is 20.5.